The predicted octanol–water partition coefficient (Wildman–Crippen LogP) is 5.10. The summed E-state index contributed by atoms with van der Waals surface area (Å²) in [4.78, 5) is 28.5. The molecule has 202 valence electrons. The number of amides is 2. The van der Waals surface area contributed by atoms with E-state index < -0.39 is 28.5 Å². The molecule has 3 aromatic rings. The van der Waals surface area contributed by atoms with E-state index >= 15 is 0 Å². The smallest absolute Gasteiger partial charge is 0.264 e. The summed E-state index contributed by atoms with van der Waals surface area (Å²) in [7, 11) is -4.09. The van der Waals surface area contributed by atoms with Crippen LogP contribution in [0.2, 0.25) is 5.02 Å². The molecule has 0 saturated carbocycles. The number of hydrogen-bond acceptors (Lipinski definition) is 4. The molecule has 7 nitrogen and oxygen atoms in total. The first-order valence-electron chi connectivity index (χ1n) is 12.5. The lowest BCUT2D eigenvalue weighted by Gasteiger charge is -2.33. The number of rotatable bonds is 11. The first-order valence-corrected chi connectivity index (χ1v) is 14.4. The molecule has 0 bridgehead atoms. The maximum Gasteiger partial charge on any atom is 0.264 e. The Morgan fingerprint density at radius 1 is 0.947 bits per heavy atom. The second kappa shape index (κ2) is 12.9. The topological polar surface area (TPSA) is 86.8 Å². The van der Waals surface area contributed by atoms with E-state index in [0.29, 0.717) is 23.7 Å². The SMILES string of the molecule is CCNC(=O)[C@H](CC)N(Cc1ccc(Cl)cc1)C(=O)CN(c1ccc(C)cc1C)S(=O)(=O)c1ccccc1. The number of hydrogen-bond donors (Lipinski definition) is 1. The van der Waals surface area contributed by atoms with Crippen molar-refractivity contribution >= 4 is 39.1 Å². The van der Waals surface area contributed by atoms with Gasteiger partial charge in [0.05, 0.1) is 10.6 Å². The number of sulfonamides is 1. The van der Waals surface area contributed by atoms with Gasteiger partial charge in [0.15, 0.2) is 0 Å². The molecule has 0 aliphatic rings. The summed E-state index contributed by atoms with van der Waals surface area (Å²) in [5.41, 5.74) is 2.87. The van der Waals surface area contributed by atoms with Gasteiger partial charge in [-0.25, -0.2) is 8.42 Å². The maximum atomic E-state index is 14.0. The molecule has 1 atom stereocenters. The van der Waals surface area contributed by atoms with Crippen LogP contribution >= 0.6 is 11.6 Å². The molecule has 0 unspecified atom stereocenters. The van der Waals surface area contributed by atoms with Gasteiger partial charge in [0.25, 0.3) is 10.0 Å². The van der Waals surface area contributed by atoms with Crippen LogP contribution in [-0.2, 0) is 26.2 Å². The van der Waals surface area contributed by atoms with Gasteiger partial charge in [0.2, 0.25) is 11.8 Å². The molecule has 0 aliphatic heterocycles. The lowest BCUT2D eigenvalue weighted by molar-refractivity contribution is -0.140. The predicted molar refractivity (Wildman–Crippen MR) is 152 cm³/mol. The summed E-state index contributed by atoms with van der Waals surface area (Å²) in [5.74, 6) is -0.779. The highest BCUT2D eigenvalue weighted by molar-refractivity contribution is 7.92. The number of halogens is 1. The fraction of sp³-hybridized carbons (Fsp3) is 0.310. The van der Waals surface area contributed by atoms with Crippen LogP contribution in [-0.4, -0.2) is 44.3 Å². The molecule has 0 radical (unpaired) electrons. The van der Waals surface area contributed by atoms with Gasteiger partial charge < -0.3 is 10.2 Å². The summed E-state index contributed by atoms with van der Waals surface area (Å²) in [6.07, 6.45) is 0.361. The van der Waals surface area contributed by atoms with Crippen LogP contribution in [0.3, 0.4) is 0 Å². The summed E-state index contributed by atoms with van der Waals surface area (Å²) in [6.45, 7) is 7.44. The lowest BCUT2D eigenvalue weighted by atomic mass is 10.1. The molecule has 38 heavy (non-hydrogen) atoms. The zero-order valence-electron chi connectivity index (χ0n) is 22.1. The molecule has 0 saturated heterocycles. The van der Waals surface area contributed by atoms with E-state index in [0.717, 1.165) is 21.0 Å². The van der Waals surface area contributed by atoms with Crippen LogP contribution in [0.1, 0.15) is 37.0 Å². The second-order valence-corrected chi connectivity index (χ2v) is 11.4. The average molecular weight is 556 g/mol. The summed E-state index contributed by atoms with van der Waals surface area (Å²) in [6, 6.07) is 19.7. The molecule has 2 amide bonds. The number of anilines is 1. The quantitative estimate of drug-likeness (QED) is 0.357. The third-order valence-corrected chi connectivity index (χ3v) is 8.26. The van der Waals surface area contributed by atoms with Crippen molar-refractivity contribution in [3.8, 4) is 0 Å². The van der Waals surface area contributed by atoms with Gasteiger partial charge in [-0.2, -0.15) is 0 Å². The van der Waals surface area contributed by atoms with Crippen molar-refractivity contribution in [3.63, 3.8) is 0 Å². The van der Waals surface area contributed by atoms with E-state index in [-0.39, 0.29) is 17.3 Å². The molecule has 3 rings (SSSR count). The Bertz CT molecular complexity index is 1360. The van der Waals surface area contributed by atoms with Gasteiger partial charge in [-0.05, 0) is 68.7 Å². The first-order chi connectivity index (χ1) is 18.1. The van der Waals surface area contributed by atoms with Crippen LogP contribution in [0.15, 0.2) is 77.7 Å². The zero-order valence-corrected chi connectivity index (χ0v) is 23.7. The minimum atomic E-state index is -4.09. The van der Waals surface area contributed by atoms with Gasteiger partial charge in [0.1, 0.15) is 12.6 Å². The molecule has 3 aromatic carbocycles. The molecule has 0 spiro atoms. The molecular formula is C29H34ClN3O4S. The monoisotopic (exact) mass is 555 g/mol. The first kappa shape index (κ1) is 29.2. The molecular weight excluding hydrogens is 522 g/mol. The maximum absolute atomic E-state index is 14.0. The van der Waals surface area contributed by atoms with Crippen molar-refractivity contribution in [1.82, 2.24) is 10.2 Å². The number of nitrogens with zero attached hydrogens (tertiary/aromatic N) is 2. The Morgan fingerprint density at radius 3 is 2.18 bits per heavy atom. The molecule has 9 heteroatoms. The van der Waals surface area contributed by atoms with Crippen LogP contribution in [0.4, 0.5) is 5.69 Å². The van der Waals surface area contributed by atoms with Gasteiger partial charge in [0, 0.05) is 18.1 Å². The average Bonchev–Trinajstić information content (AvgIpc) is 2.89. The Labute approximate surface area is 230 Å². The van der Waals surface area contributed by atoms with Crippen molar-refractivity contribution in [1.29, 1.82) is 0 Å². The molecule has 0 aliphatic carbocycles. The van der Waals surface area contributed by atoms with E-state index in [1.165, 1.54) is 17.0 Å². The molecule has 0 aromatic heterocycles. The fourth-order valence-corrected chi connectivity index (χ4v) is 5.94. The standard InChI is InChI=1S/C29H34ClN3O4S/c1-5-26(29(35)31-6-2)32(19-23-13-15-24(30)16-14-23)28(34)20-33(27-17-12-21(3)18-22(27)4)38(36,37)25-10-8-7-9-11-25/h7-18,26H,5-6,19-20H2,1-4H3,(H,31,35)/t26-/m0/s1. The third-order valence-electron chi connectivity index (χ3n) is 6.23. The third kappa shape index (κ3) is 6.94. The number of benzene rings is 3. The van der Waals surface area contributed by atoms with E-state index in [1.54, 1.807) is 48.5 Å². The van der Waals surface area contributed by atoms with Gasteiger partial charge in [-0.15, -0.1) is 0 Å². The summed E-state index contributed by atoms with van der Waals surface area (Å²) < 4.78 is 28.9. The summed E-state index contributed by atoms with van der Waals surface area (Å²) in [5, 5.41) is 3.35. The molecule has 0 fully saturated rings. The van der Waals surface area contributed by atoms with Crippen molar-refractivity contribution in [2.24, 2.45) is 0 Å². The number of likely N-dealkylation sites (N-methyl/N-ethyl adjacent to an activating group) is 1. The van der Waals surface area contributed by atoms with E-state index in [9.17, 15) is 18.0 Å². The van der Waals surface area contributed by atoms with E-state index in [4.69, 9.17) is 11.6 Å². The minimum absolute atomic E-state index is 0.0767. The molecule has 0 heterocycles. The Hall–Kier alpha value is -3.36. The minimum Gasteiger partial charge on any atom is -0.355 e. The van der Waals surface area contributed by atoms with Crippen LogP contribution < -0.4 is 9.62 Å². The molecule has 1 N–H and O–H groups in total. The van der Waals surface area contributed by atoms with Gasteiger partial charge in [-0.3, -0.25) is 13.9 Å². The zero-order chi connectivity index (χ0) is 27.9. The van der Waals surface area contributed by atoms with Crippen molar-refractivity contribution < 1.29 is 18.0 Å². The van der Waals surface area contributed by atoms with E-state index in [1.807, 2.05) is 39.8 Å². The lowest BCUT2D eigenvalue weighted by Crippen LogP contribution is -2.52. The van der Waals surface area contributed by atoms with Crippen molar-refractivity contribution in [3.05, 3.63) is 94.5 Å². The number of carbonyl (C=O) groups excluding carboxylic acids is 2. The Morgan fingerprint density at radius 2 is 1.61 bits per heavy atom. The van der Waals surface area contributed by atoms with E-state index in [2.05, 4.69) is 5.32 Å². The number of nitrogens with one attached hydrogen (secondary N) is 1. The largest absolute Gasteiger partial charge is 0.355 e. The van der Waals surface area contributed by atoms with Crippen LogP contribution in [0, 0.1) is 13.8 Å². The normalized spacial score (nSPS) is 12.0. The number of carbonyl (C=O) groups is 2. The highest BCUT2D eigenvalue weighted by atomic mass is 35.5. The van der Waals surface area contributed by atoms with Crippen LogP contribution in [0.25, 0.3) is 0 Å². The number of aryl methyl sites for hydroxylation is 2. The highest BCUT2D eigenvalue weighted by Crippen LogP contribution is 2.28. The van der Waals surface area contributed by atoms with Crippen LogP contribution in [0.5, 0.6) is 0 Å². The second-order valence-electron chi connectivity index (χ2n) is 9.08. The highest BCUT2D eigenvalue weighted by Gasteiger charge is 2.34. The summed E-state index contributed by atoms with van der Waals surface area (Å²) >= 11 is 6.05. The van der Waals surface area contributed by atoms with Gasteiger partial charge in [-0.1, -0.05) is 66.6 Å². The fourth-order valence-electron chi connectivity index (χ4n) is 4.32. The Balaban J connectivity index is 2.08. The Kier molecular flexibility index (Phi) is 9.94. The van der Waals surface area contributed by atoms with Crippen molar-refractivity contribution in [2.75, 3.05) is 17.4 Å². The van der Waals surface area contributed by atoms with Crippen molar-refractivity contribution in [2.45, 2.75) is 51.6 Å². The van der Waals surface area contributed by atoms with Gasteiger partial charge >= 0.3 is 0 Å².